The molecule has 1 heteroatoms. The Kier molecular flexibility index (Phi) is 1.51. The normalized spacial score (nSPS) is 10.9. The molecule has 1 radical (unpaired) electrons. The van der Waals surface area contributed by atoms with Gasteiger partial charge in [0.05, 0.1) is 5.52 Å². The van der Waals surface area contributed by atoms with Gasteiger partial charge in [-0.15, -0.1) is 0 Å². The SMILES string of the molecule is [c]1cccc2c1ccc1cccnc12. The Hall–Kier alpha value is -1.89. The third kappa shape index (κ3) is 0.990. The molecule has 0 amide bonds. The lowest BCUT2D eigenvalue weighted by molar-refractivity contribution is 1.43. The molecule has 0 unspecified atom stereocenters. The van der Waals surface area contributed by atoms with Gasteiger partial charge in [0.2, 0.25) is 0 Å². The topological polar surface area (TPSA) is 12.9 Å². The van der Waals surface area contributed by atoms with Crippen LogP contribution in [-0.4, -0.2) is 4.98 Å². The molecule has 1 nitrogen and oxygen atoms in total. The second-order valence-electron chi connectivity index (χ2n) is 3.27. The van der Waals surface area contributed by atoms with E-state index in [9.17, 15) is 0 Å². The molecule has 0 bridgehead atoms. The van der Waals surface area contributed by atoms with Crippen molar-refractivity contribution in [2.45, 2.75) is 0 Å². The van der Waals surface area contributed by atoms with E-state index in [2.05, 4.69) is 35.3 Å². The number of benzene rings is 2. The third-order valence-corrected chi connectivity index (χ3v) is 2.41. The maximum atomic E-state index is 4.39. The summed E-state index contributed by atoms with van der Waals surface area (Å²) in [6.07, 6.45) is 1.83. The first-order chi connectivity index (χ1) is 6.95. The summed E-state index contributed by atoms with van der Waals surface area (Å²) in [6.45, 7) is 0. The third-order valence-electron chi connectivity index (χ3n) is 2.41. The highest BCUT2D eigenvalue weighted by Crippen LogP contribution is 2.22. The van der Waals surface area contributed by atoms with Crippen molar-refractivity contribution in [3.8, 4) is 0 Å². The zero-order valence-electron chi connectivity index (χ0n) is 7.57. The number of fused-ring (bicyclic) bond motifs is 3. The molecule has 0 atom stereocenters. The van der Waals surface area contributed by atoms with E-state index in [1.54, 1.807) is 0 Å². The van der Waals surface area contributed by atoms with Crippen LogP contribution in [0.3, 0.4) is 0 Å². The molecular formula is C13H8N. The smallest absolute Gasteiger partial charge is 0.0780 e. The summed E-state index contributed by atoms with van der Waals surface area (Å²) in [4.78, 5) is 4.39. The Morgan fingerprint density at radius 3 is 3.00 bits per heavy atom. The minimum atomic E-state index is 1.06. The first kappa shape index (κ1) is 7.51. The molecule has 1 heterocycles. The molecule has 14 heavy (non-hydrogen) atoms. The summed E-state index contributed by atoms with van der Waals surface area (Å²) in [5.41, 5.74) is 1.06. The molecular weight excluding hydrogens is 170 g/mol. The first-order valence-corrected chi connectivity index (χ1v) is 4.59. The molecule has 3 rings (SSSR count). The highest BCUT2D eigenvalue weighted by molar-refractivity contribution is 6.04. The zero-order chi connectivity index (χ0) is 9.38. The highest BCUT2D eigenvalue weighted by Gasteiger charge is 1.98. The van der Waals surface area contributed by atoms with E-state index in [0.29, 0.717) is 0 Å². The van der Waals surface area contributed by atoms with Crippen LogP contribution in [0.5, 0.6) is 0 Å². The molecule has 3 aromatic rings. The summed E-state index contributed by atoms with van der Waals surface area (Å²) in [5, 5.41) is 3.48. The number of aromatic nitrogens is 1. The molecule has 0 aliphatic carbocycles. The van der Waals surface area contributed by atoms with E-state index in [4.69, 9.17) is 0 Å². The van der Waals surface area contributed by atoms with Crippen LogP contribution in [0, 0.1) is 6.07 Å². The predicted molar refractivity (Wildman–Crippen MR) is 58.1 cm³/mol. The number of nitrogens with zero attached hydrogens (tertiary/aromatic N) is 1. The Labute approximate surface area is 82.0 Å². The standard InChI is InChI=1S/C13H8N/c1-2-6-12-10(4-1)7-8-11-5-3-9-14-13(11)12/h1-3,5-9H. The Bertz CT molecular complexity index is 544. The fraction of sp³-hybridized carbons (Fsp3) is 0. The van der Waals surface area contributed by atoms with Crippen molar-refractivity contribution >= 4 is 21.7 Å². The summed E-state index contributed by atoms with van der Waals surface area (Å²) in [5.74, 6) is 0. The van der Waals surface area contributed by atoms with Gasteiger partial charge in [-0.25, -0.2) is 0 Å². The van der Waals surface area contributed by atoms with Gasteiger partial charge >= 0.3 is 0 Å². The van der Waals surface area contributed by atoms with E-state index >= 15 is 0 Å². The lowest BCUT2D eigenvalue weighted by atomic mass is 10.1. The Morgan fingerprint density at radius 2 is 2.00 bits per heavy atom. The molecule has 65 valence electrons. The number of rotatable bonds is 0. The van der Waals surface area contributed by atoms with Gasteiger partial charge in [0.15, 0.2) is 0 Å². The van der Waals surface area contributed by atoms with E-state index < -0.39 is 0 Å². The van der Waals surface area contributed by atoms with Crippen LogP contribution >= 0.6 is 0 Å². The van der Waals surface area contributed by atoms with E-state index in [1.165, 1.54) is 10.8 Å². The lowest BCUT2D eigenvalue weighted by Gasteiger charge is -2.00. The summed E-state index contributed by atoms with van der Waals surface area (Å²) < 4.78 is 0. The van der Waals surface area contributed by atoms with Gasteiger partial charge in [-0.2, -0.15) is 0 Å². The van der Waals surface area contributed by atoms with Crippen LogP contribution in [-0.2, 0) is 0 Å². The highest BCUT2D eigenvalue weighted by atomic mass is 14.6. The zero-order valence-corrected chi connectivity index (χ0v) is 7.57. The second-order valence-corrected chi connectivity index (χ2v) is 3.27. The molecule has 0 aliphatic heterocycles. The average Bonchev–Trinajstić information content (AvgIpc) is 2.29. The lowest BCUT2D eigenvalue weighted by Crippen LogP contribution is -1.80. The van der Waals surface area contributed by atoms with E-state index in [-0.39, 0.29) is 0 Å². The van der Waals surface area contributed by atoms with E-state index in [0.717, 1.165) is 10.9 Å². The maximum Gasteiger partial charge on any atom is 0.0780 e. The van der Waals surface area contributed by atoms with Gasteiger partial charge in [-0.1, -0.05) is 36.4 Å². The average molecular weight is 178 g/mol. The van der Waals surface area contributed by atoms with Gasteiger partial charge in [0, 0.05) is 17.0 Å². The van der Waals surface area contributed by atoms with Crippen LogP contribution in [0.2, 0.25) is 0 Å². The van der Waals surface area contributed by atoms with Crippen molar-refractivity contribution in [2.75, 3.05) is 0 Å². The van der Waals surface area contributed by atoms with Crippen LogP contribution in [0.4, 0.5) is 0 Å². The van der Waals surface area contributed by atoms with Gasteiger partial charge in [-0.3, -0.25) is 4.98 Å². The molecule has 0 N–H and O–H groups in total. The maximum absolute atomic E-state index is 4.39. The van der Waals surface area contributed by atoms with Crippen LogP contribution in [0.1, 0.15) is 0 Å². The number of pyridine rings is 1. The van der Waals surface area contributed by atoms with Crippen LogP contribution < -0.4 is 0 Å². The van der Waals surface area contributed by atoms with Gasteiger partial charge in [0.1, 0.15) is 0 Å². The van der Waals surface area contributed by atoms with Crippen molar-refractivity contribution in [1.82, 2.24) is 4.98 Å². The predicted octanol–water partition coefficient (Wildman–Crippen LogP) is 3.19. The minimum Gasteiger partial charge on any atom is -0.256 e. The van der Waals surface area contributed by atoms with Crippen molar-refractivity contribution in [3.05, 3.63) is 54.7 Å². The second kappa shape index (κ2) is 2.81. The largest absolute Gasteiger partial charge is 0.256 e. The van der Waals surface area contributed by atoms with Crippen LogP contribution in [0.25, 0.3) is 21.7 Å². The number of hydrogen-bond donors (Lipinski definition) is 0. The molecule has 0 aliphatic rings. The minimum absolute atomic E-state index is 1.06. The van der Waals surface area contributed by atoms with Crippen molar-refractivity contribution < 1.29 is 0 Å². The molecule has 0 saturated carbocycles. The molecule has 1 aromatic heterocycles. The van der Waals surface area contributed by atoms with Gasteiger partial charge < -0.3 is 0 Å². The Morgan fingerprint density at radius 1 is 1.00 bits per heavy atom. The Balaban J connectivity index is 2.61. The fourth-order valence-electron chi connectivity index (χ4n) is 1.74. The monoisotopic (exact) mass is 178 g/mol. The molecule has 0 saturated heterocycles. The summed E-state index contributed by atoms with van der Waals surface area (Å²) in [6, 6.07) is 17.4. The summed E-state index contributed by atoms with van der Waals surface area (Å²) in [7, 11) is 0. The van der Waals surface area contributed by atoms with Crippen molar-refractivity contribution in [3.63, 3.8) is 0 Å². The summed E-state index contributed by atoms with van der Waals surface area (Å²) >= 11 is 0. The quantitative estimate of drug-likeness (QED) is 0.482. The number of hydrogen-bond acceptors (Lipinski definition) is 1. The molecule has 0 fully saturated rings. The molecule has 2 aromatic carbocycles. The fourth-order valence-corrected chi connectivity index (χ4v) is 1.74. The first-order valence-electron chi connectivity index (χ1n) is 4.59. The van der Waals surface area contributed by atoms with Gasteiger partial charge in [0.25, 0.3) is 0 Å². The van der Waals surface area contributed by atoms with E-state index in [1.807, 2.05) is 24.4 Å². The van der Waals surface area contributed by atoms with Crippen LogP contribution in [0.15, 0.2) is 48.7 Å². The van der Waals surface area contributed by atoms with Crippen molar-refractivity contribution in [1.29, 1.82) is 0 Å². The molecule has 0 spiro atoms. The van der Waals surface area contributed by atoms with Gasteiger partial charge in [-0.05, 0) is 17.5 Å². The van der Waals surface area contributed by atoms with Crippen molar-refractivity contribution in [2.24, 2.45) is 0 Å².